The summed E-state index contributed by atoms with van der Waals surface area (Å²) in [5.74, 6) is 0.879. The van der Waals surface area contributed by atoms with Crippen molar-refractivity contribution in [3.63, 3.8) is 0 Å². The molecule has 1 heterocycles. The molecule has 37 heavy (non-hydrogen) atoms. The molecule has 3 heteroatoms. The van der Waals surface area contributed by atoms with Gasteiger partial charge in [-0.1, -0.05) is 66.7 Å². The maximum atomic E-state index is 5.51. The molecule has 0 bridgehead atoms. The minimum atomic E-state index is 0. The molecule has 0 saturated heterocycles. The molecule has 2 nitrogen and oxygen atoms in total. The van der Waals surface area contributed by atoms with Gasteiger partial charge in [0.25, 0.3) is 0 Å². The van der Waals surface area contributed by atoms with E-state index >= 15 is 0 Å². The lowest BCUT2D eigenvalue weighted by atomic mass is 9.77. The highest BCUT2D eigenvalue weighted by atomic mass is 79.9. The topological polar surface area (TPSA) is 13.1 Å². The van der Waals surface area contributed by atoms with E-state index in [0.717, 1.165) is 31.4 Å². The van der Waals surface area contributed by atoms with E-state index in [-0.39, 0.29) is 17.0 Å². The van der Waals surface area contributed by atoms with Crippen molar-refractivity contribution < 1.29 is 26.3 Å². The molecule has 5 aromatic rings. The van der Waals surface area contributed by atoms with Crippen molar-refractivity contribution in [2.45, 2.75) is 25.7 Å². The number of nitrogens with zero attached hydrogens (tertiary/aromatic N) is 1. The fourth-order valence-electron chi connectivity index (χ4n) is 6.25. The van der Waals surface area contributed by atoms with E-state index in [9.17, 15) is 0 Å². The monoisotopic (exact) mass is 545 g/mol. The van der Waals surface area contributed by atoms with Crippen LogP contribution in [0, 0.1) is 0 Å². The summed E-state index contributed by atoms with van der Waals surface area (Å²) in [6.07, 6.45) is 4.23. The van der Waals surface area contributed by atoms with E-state index < -0.39 is 0 Å². The first kappa shape index (κ1) is 23.7. The van der Waals surface area contributed by atoms with Crippen molar-refractivity contribution in [3.8, 4) is 45.1 Å². The van der Waals surface area contributed by atoms with Crippen LogP contribution in [0.15, 0.2) is 103 Å². The van der Waals surface area contributed by atoms with Crippen molar-refractivity contribution in [3.05, 3.63) is 125 Å². The maximum absolute atomic E-state index is 5.51. The Balaban J connectivity index is 0.00000252. The van der Waals surface area contributed by atoms with Crippen LogP contribution in [0.25, 0.3) is 39.3 Å². The van der Waals surface area contributed by atoms with Crippen LogP contribution in [-0.4, -0.2) is 7.11 Å². The predicted octanol–water partition coefficient (Wildman–Crippen LogP) is 4.17. The number of pyridine rings is 1. The quantitative estimate of drug-likeness (QED) is 0.310. The molecular weight excluding hydrogens is 518 g/mol. The third-order valence-corrected chi connectivity index (χ3v) is 7.85. The summed E-state index contributed by atoms with van der Waals surface area (Å²) in [5.41, 5.74) is 15.1. The number of benzene rings is 4. The van der Waals surface area contributed by atoms with Crippen molar-refractivity contribution in [1.82, 2.24) is 0 Å². The van der Waals surface area contributed by atoms with Gasteiger partial charge in [-0.25, -0.2) is 0 Å². The van der Waals surface area contributed by atoms with E-state index in [0.29, 0.717) is 0 Å². The van der Waals surface area contributed by atoms with Crippen molar-refractivity contribution >= 4 is 0 Å². The van der Waals surface area contributed by atoms with Gasteiger partial charge < -0.3 is 21.7 Å². The number of halogens is 1. The molecule has 0 N–H and O–H groups in total. The van der Waals surface area contributed by atoms with E-state index in [1.165, 1.54) is 61.6 Å². The summed E-state index contributed by atoms with van der Waals surface area (Å²) >= 11 is 0. The molecule has 7 rings (SSSR count). The number of hydrogen-bond acceptors (Lipinski definition) is 1. The van der Waals surface area contributed by atoms with E-state index in [1.807, 2.05) is 0 Å². The lowest BCUT2D eigenvalue weighted by Crippen LogP contribution is -3.00. The van der Waals surface area contributed by atoms with Gasteiger partial charge in [0.05, 0.1) is 18.2 Å². The molecule has 0 amide bonds. The number of aromatic nitrogens is 1. The highest BCUT2D eigenvalue weighted by Crippen LogP contribution is 2.45. The molecular formula is C34H28BrNO. The van der Waals surface area contributed by atoms with Crippen LogP contribution in [0.3, 0.4) is 0 Å². The second-order valence-electron chi connectivity index (χ2n) is 9.74. The van der Waals surface area contributed by atoms with Crippen LogP contribution in [-0.2, 0) is 25.7 Å². The Morgan fingerprint density at radius 2 is 1.08 bits per heavy atom. The average molecular weight is 547 g/mol. The van der Waals surface area contributed by atoms with E-state index in [4.69, 9.17) is 4.74 Å². The minimum absolute atomic E-state index is 0. The fourth-order valence-corrected chi connectivity index (χ4v) is 6.25. The molecule has 2 aliphatic rings. The maximum Gasteiger partial charge on any atom is 0.223 e. The van der Waals surface area contributed by atoms with Crippen LogP contribution in [0.4, 0.5) is 0 Å². The second kappa shape index (κ2) is 9.64. The summed E-state index contributed by atoms with van der Waals surface area (Å²) in [5, 5.41) is 0. The van der Waals surface area contributed by atoms with Crippen molar-refractivity contribution in [2.75, 3.05) is 7.11 Å². The van der Waals surface area contributed by atoms with Gasteiger partial charge in [-0.15, -0.1) is 0 Å². The van der Waals surface area contributed by atoms with Crippen LogP contribution in [0.2, 0.25) is 0 Å². The highest BCUT2D eigenvalue weighted by molar-refractivity contribution is 5.85. The molecule has 0 aliphatic heterocycles. The summed E-state index contributed by atoms with van der Waals surface area (Å²) in [4.78, 5) is 0. The van der Waals surface area contributed by atoms with Crippen molar-refractivity contribution in [2.24, 2.45) is 0 Å². The zero-order valence-corrected chi connectivity index (χ0v) is 22.5. The Kier molecular flexibility index (Phi) is 6.18. The van der Waals surface area contributed by atoms with Gasteiger partial charge >= 0.3 is 0 Å². The van der Waals surface area contributed by atoms with Gasteiger partial charge in [0.15, 0.2) is 0 Å². The number of ether oxygens (including phenoxy) is 1. The molecule has 0 unspecified atom stereocenters. The van der Waals surface area contributed by atoms with Crippen LogP contribution < -0.4 is 26.3 Å². The van der Waals surface area contributed by atoms with Crippen LogP contribution >= 0.6 is 0 Å². The first-order chi connectivity index (χ1) is 17.8. The Morgan fingerprint density at radius 3 is 1.62 bits per heavy atom. The molecule has 182 valence electrons. The third-order valence-electron chi connectivity index (χ3n) is 7.85. The molecule has 0 fully saturated rings. The second-order valence-corrected chi connectivity index (χ2v) is 9.74. The number of methoxy groups -OCH3 is 1. The number of hydrogen-bond donors (Lipinski definition) is 0. The minimum Gasteiger partial charge on any atom is -1.00 e. The molecule has 0 spiro atoms. The summed E-state index contributed by atoms with van der Waals surface area (Å²) in [6.45, 7) is 0. The Hall–Kier alpha value is -3.69. The molecule has 4 aromatic carbocycles. The highest BCUT2D eigenvalue weighted by Gasteiger charge is 2.38. The Morgan fingerprint density at radius 1 is 0.568 bits per heavy atom. The molecule has 2 aliphatic carbocycles. The zero-order valence-electron chi connectivity index (χ0n) is 20.9. The SMILES string of the molecule is COc1ccc(-[n+]2c3c(c(-c4ccccc4)c4c2-c2ccccc2CC4)CCc2ccccc2-3)cc1.[Br-]. The largest absolute Gasteiger partial charge is 1.00 e. The zero-order chi connectivity index (χ0) is 24.1. The molecule has 0 atom stereocenters. The lowest BCUT2D eigenvalue weighted by Gasteiger charge is -2.28. The van der Waals surface area contributed by atoms with Crippen LogP contribution in [0.1, 0.15) is 22.3 Å². The van der Waals surface area contributed by atoms with Gasteiger partial charge in [0.2, 0.25) is 17.1 Å². The predicted molar refractivity (Wildman–Crippen MR) is 146 cm³/mol. The van der Waals surface area contributed by atoms with Crippen LogP contribution in [0.5, 0.6) is 5.75 Å². The number of aryl methyl sites for hydroxylation is 2. The first-order valence-electron chi connectivity index (χ1n) is 12.8. The van der Waals surface area contributed by atoms with Crippen molar-refractivity contribution in [1.29, 1.82) is 0 Å². The van der Waals surface area contributed by atoms with Gasteiger partial charge in [-0.3, -0.25) is 0 Å². The average Bonchev–Trinajstić information content (AvgIpc) is 2.96. The van der Waals surface area contributed by atoms with Gasteiger partial charge in [-0.2, -0.15) is 4.57 Å². The van der Waals surface area contributed by atoms with Gasteiger partial charge in [0.1, 0.15) is 5.75 Å². The lowest BCUT2D eigenvalue weighted by molar-refractivity contribution is -0.573. The standard InChI is InChI=1S/C34H28NO.BrH/c1-36-27-19-17-26(18-20-27)35-33-28-13-7-5-9-23(28)15-21-30(33)32(25-11-3-2-4-12-25)31-22-16-24-10-6-8-14-29(24)34(31)35;/h2-14,17-20H,15-16,21-22H2,1H3;1H/q+1;/p-1. The third kappa shape index (κ3) is 3.81. The molecule has 1 aromatic heterocycles. The van der Waals surface area contributed by atoms with Gasteiger partial charge in [0, 0.05) is 28.8 Å². The van der Waals surface area contributed by atoms with E-state index in [2.05, 4.69) is 108 Å². The molecule has 0 saturated carbocycles. The smallest absolute Gasteiger partial charge is 0.223 e. The Labute approximate surface area is 229 Å². The Bertz CT molecular complexity index is 1530. The number of fused-ring (bicyclic) bond motifs is 6. The summed E-state index contributed by atoms with van der Waals surface area (Å²) in [6, 6.07) is 37.5. The van der Waals surface area contributed by atoms with E-state index in [1.54, 1.807) is 7.11 Å². The first-order valence-corrected chi connectivity index (χ1v) is 12.8. The summed E-state index contributed by atoms with van der Waals surface area (Å²) < 4.78 is 8.06. The fraction of sp³-hybridized carbons (Fsp3) is 0.147. The summed E-state index contributed by atoms with van der Waals surface area (Å²) in [7, 11) is 1.73. The number of rotatable bonds is 3. The van der Waals surface area contributed by atoms with Gasteiger partial charge in [-0.05, 0) is 66.6 Å². The molecule has 0 radical (unpaired) electrons. The normalized spacial score (nSPS) is 12.9.